The van der Waals surface area contributed by atoms with Gasteiger partial charge in [0.25, 0.3) is 0 Å². The summed E-state index contributed by atoms with van der Waals surface area (Å²) in [7, 11) is 0. The molecule has 1 aliphatic rings. The number of hydrogen-bond donors (Lipinski definition) is 1. The van der Waals surface area contributed by atoms with Crippen LogP contribution in [-0.2, 0) is 4.79 Å². The third-order valence-corrected chi connectivity index (χ3v) is 3.67. The van der Waals surface area contributed by atoms with Crippen LogP contribution in [0.2, 0.25) is 0 Å². The van der Waals surface area contributed by atoms with Crippen LogP contribution in [0.5, 0.6) is 0 Å². The molecule has 1 fully saturated rings. The highest BCUT2D eigenvalue weighted by atomic mass is 16.2. The van der Waals surface area contributed by atoms with Crippen molar-refractivity contribution in [3.05, 3.63) is 0 Å². The zero-order valence-electron chi connectivity index (χ0n) is 10.9. The van der Waals surface area contributed by atoms with Crippen molar-refractivity contribution < 1.29 is 4.79 Å². The average Bonchev–Trinajstić information content (AvgIpc) is 2.74. The van der Waals surface area contributed by atoms with Crippen LogP contribution in [0.25, 0.3) is 0 Å². The lowest BCUT2D eigenvalue weighted by atomic mass is 9.95. The summed E-state index contributed by atoms with van der Waals surface area (Å²) < 4.78 is 0. The van der Waals surface area contributed by atoms with E-state index >= 15 is 0 Å². The standard InChI is InChI=1S/C13H26N2O/c1-4-5-6-12(14)13(16)15-8-7-11(9-15)10(2)3/h10-12H,4-9,14H2,1-3H3. The molecule has 0 aromatic carbocycles. The number of rotatable bonds is 5. The number of hydrogen-bond acceptors (Lipinski definition) is 2. The van der Waals surface area contributed by atoms with Crippen LogP contribution in [0.3, 0.4) is 0 Å². The van der Waals surface area contributed by atoms with E-state index in [0.29, 0.717) is 11.8 Å². The van der Waals surface area contributed by atoms with Crippen LogP contribution < -0.4 is 5.73 Å². The van der Waals surface area contributed by atoms with Gasteiger partial charge in [0, 0.05) is 13.1 Å². The van der Waals surface area contributed by atoms with Crippen molar-refractivity contribution in [1.29, 1.82) is 0 Å². The Balaban J connectivity index is 2.38. The lowest BCUT2D eigenvalue weighted by Crippen LogP contribution is -2.42. The summed E-state index contributed by atoms with van der Waals surface area (Å²) in [5.74, 6) is 1.50. The summed E-state index contributed by atoms with van der Waals surface area (Å²) in [4.78, 5) is 14.0. The Morgan fingerprint density at radius 1 is 1.50 bits per heavy atom. The van der Waals surface area contributed by atoms with E-state index in [1.54, 1.807) is 0 Å². The van der Waals surface area contributed by atoms with Gasteiger partial charge in [0.15, 0.2) is 0 Å². The van der Waals surface area contributed by atoms with E-state index in [0.717, 1.165) is 38.8 Å². The summed E-state index contributed by atoms with van der Waals surface area (Å²) in [6, 6.07) is -0.272. The van der Waals surface area contributed by atoms with Gasteiger partial charge in [-0.3, -0.25) is 4.79 Å². The minimum atomic E-state index is -0.272. The van der Waals surface area contributed by atoms with Crippen molar-refractivity contribution in [2.24, 2.45) is 17.6 Å². The molecule has 1 amide bonds. The third-order valence-electron chi connectivity index (χ3n) is 3.67. The number of carbonyl (C=O) groups excluding carboxylic acids is 1. The van der Waals surface area contributed by atoms with Crippen LogP contribution in [0.4, 0.5) is 0 Å². The zero-order chi connectivity index (χ0) is 12.1. The highest BCUT2D eigenvalue weighted by molar-refractivity contribution is 5.81. The summed E-state index contributed by atoms with van der Waals surface area (Å²) >= 11 is 0. The van der Waals surface area contributed by atoms with Gasteiger partial charge in [0.2, 0.25) is 5.91 Å². The van der Waals surface area contributed by atoms with Gasteiger partial charge in [-0.05, 0) is 24.7 Å². The highest BCUT2D eigenvalue weighted by Gasteiger charge is 2.30. The van der Waals surface area contributed by atoms with E-state index in [2.05, 4.69) is 20.8 Å². The van der Waals surface area contributed by atoms with Crippen molar-refractivity contribution in [3.8, 4) is 0 Å². The Kier molecular flexibility index (Phi) is 5.26. The fraction of sp³-hybridized carbons (Fsp3) is 0.923. The molecule has 94 valence electrons. The van der Waals surface area contributed by atoms with Crippen molar-refractivity contribution in [1.82, 2.24) is 4.90 Å². The predicted molar refractivity (Wildman–Crippen MR) is 67.0 cm³/mol. The largest absolute Gasteiger partial charge is 0.341 e. The van der Waals surface area contributed by atoms with Gasteiger partial charge in [-0.1, -0.05) is 33.6 Å². The maximum absolute atomic E-state index is 12.0. The number of carbonyl (C=O) groups is 1. The molecule has 2 N–H and O–H groups in total. The van der Waals surface area contributed by atoms with Crippen molar-refractivity contribution in [2.45, 2.75) is 52.5 Å². The molecule has 2 unspecified atom stereocenters. The molecule has 0 aliphatic carbocycles. The molecule has 0 saturated carbocycles. The minimum Gasteiger partial charge on any atom is -0.341 e. The monoisotopic (exact) mass is 226 g/mol. The van der Waals surface area contributed by atoms with E-state index in [1.807, 2.05) is 4.90 Å². The van der Waals surface area contributed by atoms with Crippen LogP contribution in [-0.4, -0.2) is 29.9 Å². The number of likely N-dealkylation sites (tertiary alicyclic amines) is 1. The summed E-state index contributed by atoms with van der Waals surface area (Å²) in [6.45, 7) is 8.41. The molecular formula is C13H26N2O. The number of unbranched alkanes of at least 4 members (excludes halogenated alkanes) is 1. The zero-order valence-corrected chi connectivity index (χ0v) is 10.9. The molecule has 2 atom stereocenters. The van der Waals surface area contributed by atoms with Gasteiger partial charge >= 0.3 is 0 Å². The average molecular weight is 226 g/mol. The molecule has 0 bridgehead atoms. The quantitative estimate of drug-likeness (QED) is 0.779. The van der Waals surface area contributed by atoms with Gasteiger partial charge < -0.3 is 10.6 Å². The van der Waals surface area contributed by atoms with E-state index in [9.17, 15) is 4.79 Å². The van der Waals surface area contributed by atoms with E-state index in [4.69, 9.17) is 5.73 Å². The maximum Gasteiger partial charge on any atom is 0.239 e. The van der Waals surface area contributed by atoms with Gasteiger partial charge in [-0.2, -0.15) is 0 Å². The Labute approximate surface area is 99.4 Å². The summed E-state index contributed by atoms with van der Waals surface area (Å²) in [6.07, 6.45) is 4.13. The molecule has 1 heterocycles. The molecule has 0 radical (unpaired) electrons. The minimum absolute atomic E-state index is 0.164. The van der Waals surface area contributed by atoms with Crippen molar-refractivity contribution >= 4 is 5.91 Å². The first kappa shape index (κ1) is 13.5. The second-order valence-corrected chi connectivity index (χ2v) is 5.33. The number of nitrogens with two attached hydrogens (primary N) is 1. The maximum atomic E-state index is 12.0. The van der Waals surface area contributed by atoms with E-state index in [1.165, 1.54) is 0 Å². The molecule has 1 saturated heterocycles. The second-order valence-electron chi connectivity index (χ2n) is 5.33. The van der Waals surface area contributed by atoms with Gasteiger partial charge in [0.1, 0.15) is 0 Å². The third kappa shape index (κ3) is 3.48. The van der Waals surface area contributed by atoms with Crippen LogP contribution >= 0.6 is 0 Å². The van der Waals surface area contributed by atoms with Crippen LogP contribution in [0.1, 0.15) is 46.5 Å². The molecule has 3 nitrogen and oxygen atoms in total. The smallest absolute Gasteiger partial charge is 0.239 e. The van der Waals surface area contributed by atoms with E-state index < -0.39 is 0 Å². The molecule has 1 aliphatic heterocycles. The Bertz CT molecular complexity index is 228. The first-order valence-electron chi connectivity index (χ1n) is 6.60. The molecule has 0 aromatic rings. The van der Waals surface area contributed by atoms with Crippen molar-refractivity contribution in [2.75, 3.05) is 13.1 Å². The lowest BCUT2D eigenvalue weighted by molar-refractivity contribution is -0.131. The molecular weight excluding hydrogens is 200 g/mol. The molecule has 3 heteroatoms. The summed E-state index contributed by atoms with van der Waals surface area (Å²) in [5, 5.41) is 0. The fourth-order valence-electron chi connectivity index (χ4n) is 2.31. The van der Waals surface area contributed by atoms with E-state index in [-0.39, 0.29) is 11.9 Å². The van der Waals surface area contributed by atoms with Crippen molar-refractivity contribution in [3.63, 3.8) is 0 Å². The Morgan fingerprint density at radius 2 is 2.19 bits per heavy atom. The Hall–Kier alpha value is -0.570. The first-order valence-corrected chi connectivity index (χ1v) is 6.60. The van der Waals surface area contributed by atoms with Gasteiger partial charge in [-0.25, -0.2) is 0 Å². The molecule has 16 heavy (non-hydrogen) atoms. The molecule has 1 rings (SSSR count). The SMILES string of the molecule is CCCCC(N)C(=O)N1CCC(C(C)C)C1. The lowest BCUT2D eigenvalue weighted by Gasteiger charge is -2.21. The number of nitrogens with zero attached hydrogens (tertiary/aromatic N) is 1. The highest BCUT2D eigenvalue weighted by Crippen LogP contribution is 2.24. The number of amides is 1. The van der Waals surface area contributed by atoms with Crippen LogP contribution in [0, 0.1) is 11.8 Å². The topological polar surface area (TPSA) is 46.3 Å². The van der Waals surface area contributed by atoms with Crippen LogP contribution in [0.15, 0.2) is 0 Å². The fourth-order valence-corrected chi connectivity index (χ4v) is 2.31. The predicted octanol–water partition coefficient (Wildman–Crippen LogP) is 2.01. The molecule has 0 aromatic heterocycles. The Morgan fingerprint density at radius 3 is 2.69 bits per heavy atom. The normalized spacial score (nSPS) is 22.8. The summed E-state index contributed by atoms with van der Waals surface area (Å²) in [5.41, 5.74) is 5.91. The second kappa shape index (κ2) is 6.24. The first-order chi connectivity index (χ1) is 7.56. The van der Waals surface area contributed by atoms with Gasteiger partial charge in [0.05, 0.1) is 6.04 Å². The van der Waals surface area contributed by atoms with Gasteiger partial charge in [-0.15, -0.1) is 0 Å². The molecule has 0 spiro atoms.